The lowest BCUT2D eigenvalue weighted by atomic mass is 9.83. The first-order valence-electron chi connectivity index (χ1n) is 7.78. The molecule has 0 aromatic rings. The van der Waals surface area contributed by atoms with Crippen LogP contribution in [-0.4, -0.2) is 53.8 Å². The normalized spacial score (nSPS) is 43.7. The van der Waals surface area contributed by atoms with Crippen molar-refractivity contribution in [1.29, 1.82) is 0 Å². The zero-order valence-corrected chi connectivity index (χ0v) is 17.4. The Kier molecular flexibility index (Phi) is 5.16. The van der Waals surface area contributed by atoms with E-state index in [1.807, 2.05) is 6.66 Å². The zero-order valence-electron chi connectivity index (χ0n) is 14.7. The summed E-state index contributed by atoms with van der Waals surface area (Å²) < 4.78 is 24.1. The fourth-order valence-corrected chi connectivity index (χ4v) is 5.25. The summed E-state index contributed by atoms with van der Waals surface area (Å²) in [6.07, 6.45) is -0.138. The minimum absolute atomic E-state index is 0.104. The Hall–Kier alpha value is 0.772. The molecule has 2 radical (unpaired) electrons. The van der Waals surface area contributed by atoms with Crippen molar-refractivity contribution in [1.82, 2.24) is 0 Å². The Morgan fingerprint density at radius 1 is 1.27 bits per heavy atom. The number of rotatable bonds is 2. The van der Waals surface area contributed by atoms with Crippen LogP contribution in [0, 0.1) is 5.92 Å². The van der Waals surface area contributed by atoms with Gasteiger partial charge in [-0.1, -0.05) is 27.7 Å². The van der Waals surface area contributed by atoms with E-state index in [4.69, 9.17) is 37.9 Å². The molecular formula is C14H28BO4PSSi. The molecule has 126 valence electrons. The van der Waals surface area contributed by atoms with Crippen molar-refractivity contribution >= 4 is 34.5 Å². The molecule has 3 atom stereocenters. The number of hydrogen-bond donors (Lipinski definition) is 0. The lowest BCUT2D eigenvalue weighted by Crippen LogP contribution is -2.50. The van der Waals surface area contributed by atoms with Gasteiger partial charge in [-0.15, -0.1) is 0 Å². The molecule has 22 heavy (non-hydrogen) atoms. The topological polar surface area (TPSA) is 36.9 Å². The summed E-state index contributed by atoms with van der Waals surface area (Å²) in [5.41, 5.74) is -0.537. The Labute approximate surface area is 142 Å². The van der Waals surface area contributed by atoms with Crippen LogP contribution in [0.2, 0.25) is 18.1 Å². The van der Waals surface area contributed by atoms with Crippen molar-refractivity contribution in [2.45, 2.75) is 63.5 Å². The third-order valence-electron chi connectivity index (χ3n) is 5.34. The van der Waals surface area contributed by atoms with E-state index in [0.29, 0.717) is 13.2 Å². The predicted octanol–water partition coefficient (Wildman–Crippen LogP) is 3.26. The maximum atomic E-state index is 6.53. The summed E-state index contributed by atoms with van der Waals surface area (Å²) in [7, 11) is 4.32. The molecule has 0 aromatic heterocycles. The highest BCUT2D eigenvalue weighted by atomic mass is 32.5. The largest absolute Gasteiger partial charge is 0.412 e. The Morgan fingerprint density at radius 2 is 1.77 bits per heavy atom. The quantitative estimate of drug-likeness (QED) is 0.557. The lowest BCUT2D eigenvalue weighted by Gasteiger charge is -2.42. The van der Waals surface area contributed by atoms with Gasteiger partial charge in [-0.2, -0.15) is 0 Å². The van der Waals surface area contributed by atoms with Gasteiger partial charge in [0.2, 0.25) is 0 Å². The van der Waals surface area contributed by atoms with E-state index < -0.39 is 26.4 Å². The minimum atomic E-state index is -2.12. The van der Waals surface area contributed by atoms with E-state index >= 15 is 0 Å². The van der Waals surface area contributed by atoms with E-state index in [9.17, 15) is 0 Å². The molecule has 0 aliphatic carbocycles. The van der Waals surface area contributed by atoms with Crippen LogP contribution < -0.4 is 0 Å². The number of ether oxygens (including phenoxy) is 1. The van der Waals surface area contributed by atoms with Crippen LogP contribution in [-0.2, 0) is 30.0 Å². The van der Waals surface area contributed by atoms with Crippen molar-refractivity contribution < 1.29 is 18.2 Å². The maximum Gasteiger partial charge on any atom is 0.192 e. The van der Waals surface area contributed by atoms with Gasteiger partial charge in [0.1, 0.15) is 13.4 Å². The van der Waals surface area contributed by atoms with Crippen molar-refractivity contribution in [3.63, 3.8) is 0 Å². The minimum Gasteiger partial charge on any atom is -0.412 e. The smallest absolute Gasteiger partial charge is 0.192 e. The fourth-order valence-electron chi connectivity index (χ4n) is 2.58. The highest BCUT2D eigenvalue weighted by Crippen LogP contribution is 2.53. The molecule has 1 spiro atoms. The molecule has 8 heteroatoms. The molecule has 2 saturated heterocycles. The van der Waals surface area contributed by atoms with Gasteiger partial charge in [-0.05, 0) is 29.9 Å². The van der Waals surface area contributed by atoms with Gasteiger partial charge in [-0.3, -0.25) is 0 Å². The average molecular weight is 362 g/mol. The molecule has 0 bridgehead atoms. The van der Waals surface area contributed by atoms with Crippen LogP contribution in [0.3, 0.4) is 0 Å². The van der Waals surface area contributed by atoms with Gasteiger partial charge < -0.3 is 18.2 Å². The summed E-state index contributed by atoms with van der Waals surface area (Å²) >= 11 is 5.30. The van der Waals surface area contributed by atoms with E-state index in [1.165, 1.54) is 0 Å². The second-order valence-corrected chi connectivity index (χ2v) is 16.9. The van der Waals surface area contributed by atoms with Crippen LogP contribution in [0.1, 0.15) is 27.7 Å². The zero-order chi connectivity index (χ0) is 17.0. The molecule has 2 aliphatic heterocycles. The Bertz CT molecular complexity index is 470. The monoisotopic (exact) mass is 362 g/mol. The highest BCUT2D eigenvalue weighted by Gasteiger charge is 2.56. The Morgan fingerprint density at radius 3 is 2.23 bits per heavy atom. The third-order valence-corrected chi connectivity index (χ3v) is 11.6. The molecule has 2 fully saturated rings. The molecule has 2 aliphatic rings. The summed E-state index contributed by atoms with van der Waals surface area (Å²) in [5, 5.41) is 0.131. The molecule has 2 heterocycles. The molecule has 4 nitrogen and oxygen atoms in total. The number of hydrogen-bond acceptors (Lipinski definition) is 5. The summed E-state index contributed by atoms with van der Waals surface area (Å²) in [6, 6.07) is -0.455. The van der Waals surface area contributed by atoms with Crippen LogP contribution in [0.4, 0.5) is 0 Å². The average Bonchev–Trinajstić information content (AvgIpc) is 2.57. The van der Waals surface area contributed by atoms with Crippen LogP contribution in [0.25, 0.3) is 0 Å². The molecule has 0 N–H and O–H groups in total. The third kappa shape index (κ3) is 3.56. The lowest BCUT2D eigenvalue weighted by molar-refractivity contribution is -0.106. The highest BCUT2D eigenvalue weighted by molar-refractivity contribution is 8.09. The van der Waals surface area contributed by atoms with Gasteiger partial charge in [0.15, 0.2) is 14.8 Å². The van der Waals surface area contributed by atoms with Crippen LogP contribution in [0.15, 0.2) is 0 Å². The van der Waals surface area contributed by atoms with Crippen molar-refractivity contribution in [3.05, 3.63) is 0 Å². The van der Waals surface area contributed by atoms with Crippen molar-refractivity contribution in [2.75, 3.05) is 19.9 Å². The standard InChI is InChI=1S/C14H28BO4PSSi/c1-10-11(19-22(6,7)13(2,3)4)12(15)18-14(10)8-16-20(5,21)17-9-14/h10-12H,8-9H2,1-7H3/t10?,11-,12+,14?,20?/m0/s1. The summed E-state index contributed by atoms with van der Waals surface area (Å²) in [5.74, 6) is 0.104. The van der Waals surface area contributed by atoms with E-state index in [0.717, 1.165) is 0 Å². The van der Waals surface area contributed by atoms with E-state index in [1.54, 1.807) is 0 Å². The fraction of sp³-hybridized carbons (Fsp3) is 1.00. The molecule has 0 aromatic carbocycles. The predicted molar refractivity (Wildman–Crippen MR) is 96.7 cm³/mol. The molecule has 2 rings (SSSR count). The van der Waals surface area contributed by atoms with Gasteiger partial charge in [0, 0.05) is 18.6 Å². The first-order valence-corrected chi connectivity index (χ1v) is 13.8. The summed E-state index contributed by atoms with van der Waals surface area (Å²) in [4.78, 5) is 0. The summed E-state index contributed by atoms with van der Waals surface area (Å²) in [6.45, 7) is 13.9. The van der Waals surface area contributed by atoms with E-state index in [2.05, 4.69) is 40.8 Å². The molecular weight excluding hydrogens is 334 g/mol. The van der Waals surface area contributed by atoms with Gasteiger partial charge in [0.25, 0.3) is 0 Å². The maximum absolute atomic E-state index is 6.53. The van der Waals surface area contributed by atoms with Crippen molar-refractivity contribution in [2.24, 2.45) is 5.92 Å². The molecule has 0 amide bonds. The molecule has 0 saturated carbocycles. The second-order valence-electron chi connectivity index (χ2n) is 8.10. The molecule has 1 unspecified atom stereocenters. The van der Waals surface area contributed by atoms with Crippen LogP contribution >= 0.6 is 6.49 Å². The van der Waals surface area contributed by atoms with Crippen molar-refractivity contribution in [3.8, 4) is 0 Å². The van der Waals surface area contributed by atoms with Gasteiger partial charge >= 0.3 is 0 Å². The van der Waals surface area contributed by atoms with Crippen LogP contribution in [0.5, 0.6) is 0 Å². The van der Waals surface area contributed by atoms with Gasteiger partial charge in [0.05, 0.1) is 19.3 Å². The second kappa shape index (κ2) is 5.94. The SMILES string of the molecule is [B][C@@H]1OC2(COP(C)(=S)OC2)C(C)[C@@H]1O[Si](C)(C)C(C)(C)C. The first-order chi connectivity index (χ1) is 9.80. The Balaban J connectivity index is 2.15. The first kappa shape index (κ1) is 19.1. The van der Waals surface area contributed by atoms with Gasteiger partial charge in [-0.25, -0.2) is 0 Å². The van der Waals surface area contributed by atoms with E-state index in [-0.39, 0.29) is 17.1 Å².